The van der Waals surface area contributed by atoms with Crippen molar-refractivity contribution in [1.29, 1.82) is 0 Å². The van der Waals surface area contributed by atoms with Crippen LogP contribution in [0.3, 0.4) is 0 Å². The van der Waals surface area contributed by atoms with E-state index in [1.165, 1.54) is 64.8 Å². The number of rotatable bonds is 6. The fourth-order valence-corrected chi connectivity index (χ4v) is 5.03. The molecular formula is C19H37N3. The van der Waals surface area contributed by atoms with Crippen molar-refractivity contribution in [3.05, 3.63) is 0 Å². The van der Waals surface area contributed by atoms with Gasteiger partial charge in [0.05, 0.1) is 0 Å². The molecule has 3 heterocycles. The van der Waals surface area contributed by atoms with E-state index in [1.807, 2.05) is 0 Å². The molecule has 22 heavy (non-hydrogen) atoms. The molecule has 3 saturated heterocycles. The van der Waals surface area contributed by atoms with Gasteiger partial charge >= 0.3 is 0 Å². The van der Waals surface area contributed by atoms with E-state index in [2.05, 4.69) is 42.4 Å². The zero-order valence-electron chi connectivity index (χ0n) is 15.3. The molecule has 2 atom stereocenters. The Labute approximate surface area is 138 Å². The Balaban J connectivity index is 1.32. The van der Waals surface area contributed by atoms with Gasteiger partial charge in [0.2, 0.25) is 0 Å². The Morgan fingerprint density at radius 1 is 0.909 bits per heavy atom. The van der Waals surface area contributed by atoms with Crippen LogP contribution in [0.2, 0.25) is 0 Å². The van der Waals surface area contributed by atoms with Gasteiger partial charge in [-0.2, -0.15) is 0 Å². The van der Waals surface area contributed by atoms with Crippen molar-refractivity contribution in [2.45, 2.75) is 84.0 Å². The second-order valence-electron chi connectivity index (χ2n) is 8.54. The van der Waals surface area contributed by atoms with Crippen molar-refractivity contribution in [2.75, 3.05) is 32.7 Å². The summed E-state index contributed by atoms with van der Waals surface area (Å²) in [6, 6.07) is 3.21. The first kappa shape index (κ1) is 16.7. The predicted molar refractivity (Wildman–Crippen MR) is 94.3 cm³/mol. The summed E-state index contributed by atoms with van der Waals surface area (Å²) in [5.74, 6) is 1.00. The zero-order valence-corrected chi connectivity index (χ0v) is 15.3. The third-order valence-electron chi connectivity index (χ3n) is 6.50. The standard InChI is InChI=1S/C19H37N3/c1-15(2)20-10-7-17(8-11-20)6-5-9-21-13-19-12-18(21)14-22(19)16(3)4/h15-19H,5-14H2,1-4H3/t18-,19+/m1/s1. The fourth-order valence-electron chi connectivity index (χ4n) is 5.03. The maximum atomic E-state index is 2.80. The number of piperidine rings is 1. The molecule has 128 valence electrons. The molecule has 0 radical (unpaired) electrons. The third-order valence-corrected chi connectivity index (χ3v) is 6.50. The summed E-state index contributed by atoms with van der Waals surface area (Å²) in [4.78, 5) is 8.17. The van der Waals surface area contributed by atoms with Gasteiger partial charge in [-0.15, -0.1) is 0 Å². The van der Waals surface area contributed by atoms with Crippen molar-refractivity contribution in [3.8, 4) is 0 Å². The van der Waals surface area contributed by atoms with E-state index in [4.69, 9.17) is 0 Å². The molecule has 0 aromatic heterocycles. The van der Waals surface area contributed by atoms with Crippen molar-refractivity contribution in [3.63, 3.8) is 0 Å². The maximum absolute atomic E-state index is 2.80. The van der Waals surface area contributed by atoms with Crippen LogP contribution < -0.4 is 0 Å². The van der Waals surface area contributed by atoms with E-state index in [0.717, 1.165) is 30.1 Å². The third kappa shape index (κ3) is 3.68. The lowest BCUT2D eigenvalue weighted by Crippen LogP contribution is -2.49. The first-order valence-corrected chi connectivity index (χ1v) is 9.78. The van der Waals surface area contributed by atoms with Crippen LogP contribution in [-0.2, 0) is 0 Å². The van der Waals surface area contributed by atoms with Gasteiger partial charge in [-0.3, -0.25) is 9.80 Å². The van der Waals surface area contributed by atoms with Gasteiger partial charge in [0.25, 0.3) is 0 Å². The van der Waals surface area contributed by atoms with Gasteiger partial charge in [0, 0.05) is 37.3 Å². The summed E-state index contributed by atoms with van der Waals surface area (Å²) in [5.41, 5.74) is 0. The second kappa shape index (κ2) is 7.19. The van der Waals surface area contributed by atoms with Crippen molar-refractivity contribution < 1.29 is 0 Å². The van der Waals surface area contributed by atoms with Crippen LogP contribution in [-0.4, -0.2) is 71.6 Å². The smallest absolute Gasteiger partial charge is 0.0242 e. The van der Waals surface area contributed by atoms with Gasteiger partial charge in [-0.25, -0.2) is 0 Å². The molecule has 3 aliphatic heterocycles. The molecule has 0 spiro atoms. The van der Waals surface area contributed by atoms with Crippen LogP contribution >= 0.6 is 0 Å². The maximum Gasteiger partial charge on any atom is 0.0242 e. The number of hydrogen-bond donors (Lipinski definition) is 0. The Bertz CT molecular complexity index is 347. The van der Waals surface area contributed by atoms with Crippen molar-refractivity contribution in [2.24, 2.45) is 5.92 Å². The molecule has 3 heteroatoms. The molecule has 0 saturated carbocycles. The highest BCUT2D eigenvalue weighted by molar-refractivity contribution is 5.00. The fraction of sp³-hybridized carbons (Fsp3) is 1.00. The first-order chi connectivity index (χ1) is 10.5. The molecule has 0 N–H and O–H groups in total. The average molecular weight is 308 g/mol. The molecule has 3 aliphatic rings. The lowest BCUT2D eigenvalue weighted by Gasteiger charge is -2.37. The quantitative estimate of drug-likeness (QED) is 0.747. The minimum Gasteiger partial charge on any atom is -0.301 e. The highest BCUT2D eigenvalue weighted by Gasteiger charge is 2.43. The summed E-state index contributed by atoms with van der Waals surface area (Å²) in [7, 11) is 0. The predicted octanol–water partition coefficient (Wildman–Crippen LogP) is 3.05. The summed E-state index contributed by atoms with van der Waals surface area (Å²) < 4.78 is 0. The summed E-state index contributed by atoms with van der Waals surface area (Å²) in [6.07, 6.45) is 7.20. The molecular weight excluding hydrogens is 270 g/mol. The number of likely N-dealkylation sites (tertiary alicyclic amines) is 3. The Hall–Kier alpha value is -0.120. The molecule has 0 aromatic rings. The number of nitrogens with zero attached hydrogens (tertiary/aromatic N) is 3. The second-order valence-corrected chi connectivity index (χ2v) is 8.54. The van der Waals surface area contributed by atoms with Crippen molar-refractivity contribution in [1.82, 2.24) is 14.7 Å². The van der Waals surface area contributed by atoms with Gasteiger partial charge < -0.3 is 4.90 Å². The average Bonchev–Trinajstić information content (AvgIpc) is 3.08. The molecule has 3 fully saturated rings. The van der Waals surface area contributed by atoms with Gasteiger partial charge in [-0.1, -0.05) is 0 Å². The number of piperazine rings is 1. The van der Waals surface area contributed by atoms with Gasteiger partial charge in [-0.05, 0) is 85.4 Å². The molecule has 0 aliphatic carbocycles. The summed E-state index contributed by atoms with van der Waals surface area (Å²) in [6.45, 7) is 16.1. The minimum absolute atomic E-state index is 0.739. The zero-order chi connectivity index (χ0) is 15.7. The topological polar surface area (TPSA) is 9.72 Å². The SMILES string of the molecule is CC(C)N1CCC(CCCN2C[C@@H]3C[C@@H]2CN3C(C)C)CC1. The highest BCUT2D eigenvalue weighted by atomic mass is 15.4. The molecule has 0 aromatic carbocycles. The molecule has 0 unspecified atom stereocenters. The monoisotopic (exact) mass is 307 g/mol. The van der Waals surface area contributed by atoms with Crippen LogP contribution in [0.1, 0.15) is 59.8 Å². The minimum atomic E-state index is 0.739. The first-order valence-electron chi connectivity index (χ1n) is 9.78. The molecule has 3 rings (SSSR count). The van der Waals surface area contributed by atoms with Crippen LogP contribution in [0.5, 0.6) is 0 Å². The van der Waals surface area contributed by atoms with Crippen LogP contribution in [0.25, 0.3) is 0 Å². The summed E-state index contributed by atoms with van der Waals surface area (Å²) in [5, 5.41) is 0. The normalized spacial score (nSPS) is 31.9. The van der Waals surface area contributed by atoms with E-state index in [1.54, 1.807) is 0 Å². The van der Waals surface area contributed by atoms with Gasteiger partial charge in [0.1, 0.15) is 0 Å². The number of fused-ring (bicyclic) bond motifs is 2. The Morgan fingerprint density at radius 3 is 2.18 bits per heavy atom. The lowest BCUT2D eigenvalue weighted by atomic mass is 9.91. The van der Waals surface area contributed by atoms with E-state index < -0.39 is 0 Å². The van der Waals surface area contributed by atoms with E-state index in [-0.39, 0.29) is 0 Å². The highest BCUT2D eigenvalue weighted by Crippen LogP contribution is 2.32. The molecule has 0 amide bonds. The Morgan fingerprint density at radius 2 is 1.64 bits per heavy atom. The molecule has 3 nitrogen and oxygen atoms in total. The van der Waals surface area contributed by atoms with Crippen LogP contribution in [0, 0.1) is 5.92 Å². The van der Waals surface area contributed by atoms with E-state index >= 15 is 0 Å². The lowest BCUT2D eigenvalue weighted by molar-refractivity contribution is 0.0990. The van der Waals surface area contributed by atoms with Crippen LogP contribution in [0.4, 0.5) is 0 Å². The van der Waals surface area contributed by atoms with Gasteiger partial charge in [0.15, 0.2) is 0 Å². The summed E-state index contributed by atoms with van der Waals surface area (Å²) >= 11 is 0. The van der Waals surface area contributed by atoms with Crippen LogP contribution in [0.15, 0.2) is 0 Å². The molecule has 2 bridgehead atoms. The Kier molecular flexibility index (Phi) is 5.47. The van der Waals surface area contributed by atoms with E-state index in [9.17, 15) is 0 Å². The van der Waals surface area contributed by atoms with Crippen molar-refractivity contribution >= 4 is 0 Å². The largest absolute Gasteiger partial charge is 0.301 e. The van der Waals surface area contributed by atoms with E-state index in [0.29, 0.717) is 0 Å². The number of hydrogen-bond acceptors (Lipinski definition) is 3.